The zero-order valence-electron chi connectivity index (χ0n) is 15.6. The molecule has 1 N–H and O–H groups in total. The van der Waals surface area contributed by atoms with E-state index < -0.39 is 0 Å². The number of amides is 1. The van der Waals surface area contributed by atoms with Crippen molar-refractivity contribution < 1.29 is 14.3 Å². The molecule has 0 fully saturated rings. The second kappa shape index (κ2) is 8.35. The number of nitrogens with zero attached hydrogens (tertiary/aromatic N) is 3. The van der Waals surface area contributed by atoms with Gasteiger partial charge in [-0.25, -0.2) is 0 Å². The van der Waals surface area contributed by atoms with Crippen molar-refractivity contribution in [1.29, 1.82) is 0 Å². The van der Waals surface area contributed by atoms with Gasteiger partial charge in [-0.2, -0.15) is 0 Å². The Morgan fingerprint density at radius 2 is 1.96 bits per heavy atom. The Labute approximate surface area is 157 Å². The first-order chi connectivity index (χ1) is 13.1. The Morgan fingerprint density at radius 1 is 1.19 bits per heavy atom. The van der Waals surface area contributed by atoms with Crippen LogP contribution in [0, 0.1) is 0 Å². The summed E-state index contributed by atoms with van der Waals surface area (Å²) in [6.45, 7) is 2.83. The highest BCUT2D eigenvalue weighted by atomic mass is 16.5. The van der Waals surface area contributed by atoms with Crippen LogP contribution < -0.4 is 14.8 Å². The normalized spacial score (nSPS) is 10.5. The molecule has 27 heavy (non-hydrogen) atoms. The van der Waals surface area contributed by atoms with Gasteiger partial charge in [-0.15, -0.1) is 5.10 Å². The second-order valence-electron chi connectivity index (χ2n) is 5.98. The molecule has 1 aromatic heterocycles. The molecule has 0 aliphatic carbocycles. The van der Waals surface area contributed by atoms with E-state index in [0.717, 1.165) is 16.9 Å². The minimum atomic E-state index is -0.135. The molecule has 0 aliphatic heterocycles. The molecule has 0 radical (unpaired) electrons. The van der Waals surface area contributed by atoms with Crippen molar-refractivity contribution in [3.8, 4) is 22.8 Å². The molecule has 0 saturated heterocycles. The van der Waals surface area contributed by atoms with E-state index in [-0.39, 0.29) is 5.91 Å². The van der Waals surface area contributed by atoms with Crippen LogP contribution in [0.3, 0.4) is 0 Å². The van der Waals surface area contributed by atoms with Gasteiger partial charge in [-0.1, -0.05) is 17.3 Å². The Balaban J connectivity index is 1.87. The lowest BCUT2D eigenvalue weighted by Crippen LogP contribution is -2.22. The molecular weight excluding hydrogens is 344 g/mol. The van der Waals surface area contributed by atoms with Crippen LogP contribution in [0.25, 0.3) is 11.3 Å². The highest BCUT2D eigenvalue weighted by molar-refractivity contribution is 5.95. The highest BCUT2D eigenvalue weighted by Gasteiger charge is 2.14. The van der Waals surface area contributed by atoms with E-state index in [2.05, 4.69) is 15.6 Å². The van der Waals surface area contributed by atoms with E-state index in [4.69, 9.17) is 9.47 Å². The maximum Gasteiger partial charge on any atom is 0.251 e. The van der Waals surface area contributed by atoms with Gasteiger partial charge in [-0.05, 0) is 42.8 Å². The van der Waals surface area contributed by atoms with Gasteiger partial charge >= 0.3 is 0 Å². The lowest BCUT2D eigenvalue weighted by Gasteiger charge is -2.12. The van der Waals surface area contributed by atoms with E-state index in [1.165, 1.54) is 0 Å². The topological polar surface area (TPSA) is 78.3 Å². The van der Waals surface area contributed by atoms with Crippen molar-refractivity contribution >= 4 is 5.91 Å². The predicted molar refractivity (Wildman–Crippen MR) is 102 cm³/mol. The van der Waals surface area contributed by atoms with Gasteiger partial charge in [0.1, 0.15) is 23.8 Å². The molecule has 3 rings (SSSR count). The molecule has 2 aromatic carbocycles. The van der Waals surface area contributed by atoms with Crippen molar-refractivity contribution in [2.45, 2.75) is 13.5 Å². The van der Waals surface area contributed by atoms with Gasteiger partial charge in [0.25, 0.3) is 5.91 Å². The number of aryl methyl sites for hydroxylation is 1. The van der Waals surface area contributed by atoms with Gasteiger partial charge in [0.15, 0.2) is 0 Å². The zero-order valence-corrected chi connectivity index (χ0v) is 15.6. The number of carbonyl (C=O) groups excluding carboxylic acids is 1. The fourth-order valence-corrected chi connectivity index (χ4v) is 2.61. The molecule has 1 heterocycles. The van der Waals surface area contributed by atoms with Crippen LogP contribution in [0.4, 0.5) is 0 Å². The first kappa shape index (κ1) is 18.4. The van der Waals surface area contributed by atoms with Gasteiger partial charge in [0, 0.05) is 24.7 Å². The summed E-state index contributed by atoms with van der Waals surface area (Å²) in [6.07, 6.45) is 1.79. The van der Waals surface area contributed by atoms with Crippen molar-refractivity contribution in [1.82, 2.24) is 20.3 Å². The van der Waals surface area contributed by atoms with E-state index in [9.17, 15) is 4.79 Å². The van der Waals surface area contributed by atoms with Crippen molar-refractivity contribution in [3.63, 3.8) is 0 Å². The molecule has 0 spiro atoms. The Morgan fingerprint density at radius 3 is 2.59 bits per heavy atom. The molecule has 0 bridgehead atoms. The van der Waals surface area contributed by atoms with Crippen LogP contribution in [0.2, 0.25) is 0 Å². The maximum atomic E-state index is 12.2. The van der Waals surface area contributed by atoms with E-state index in [1.54, 1.807) is 43.2 Å². The lowest BCUT2D eigenvalue weighted by atomic mass is 10.1. The molecule has 1 amide bonds. The molecule has 0 aliphatic rings. The quantitative estimate of drug-likeness (QED) is 0.696. The zero-order chi connectivity index (χ0) is 19.2. The third-order valence-electron chi connectivity index (χ3n) is 4.01. The SMILES string of the molecule is CCNC(=O)c1ccc(OCc2ccc(OC)cc2)c(-c2cn(C)nn2)c1. The van der Waals surface area contributed by atoms with Gasteiger partial charge in [-0.3, -0.25) is 9.48 Å². The molecule has 7 heteroatoms. The molecule has 0 unspecified atom stereocenters. The monoisotopic (exact) mass is 366 g/mol. The van der Waals surface area contributed by atoms with Crippen LogP contribution in [-0.4, -0.2) is 34.6 Å². The average Bonchev–Trinajstić information content (AvgIpc) is 3.13. The number of aromatic nitrogens is 3. The third-order valence-corrected chi connectivity index (χ3v) is 4.01. The molecular formula is C20H22N4O3. The Hall–Kier alpha value is -3.35. The molecule has 7 nitrogen and oxygen atoms in total. The van der Waals surface area contributed by atoms with Gasteiger partial charge in [0.05, 0.1) is 13.3 Å². The Bertz CT molecular complexity index is 919. The van der Waals surface area contributed by atoms with Crippen LogP contribution in [-0.2, 0) is 13.7 Å². The summed E-state index contributed by atoms with van der Waals surface area (Å²) in [4.78, 5) is 12.2. The third kappa shape index (κ3) is 4.44. The second-order valence-corrected chi connectivity index (χ2v) is 5.98. The summed E-state index contributed by atoms with van der Waals surface area (Å²) < 4.78 is 12.8. The Kier molecular flexibility index (Phi) is 5.71. The number of nitrogens with one attached hydrogen (secondary N) is 1. The fraction of sp³-hybridized carbons (Fsp3) is 0.250. The summed E-state index contributed by atoms with van der Waals surface area (Å²) >= 11 is 0. The minimum absolute atomic E-state index is 0.135. The molecule has 3 aromatic rings. The largest absolute Gasteiger partial charge is 0.497 e. The smallest absolute Gasteiger partial charge is 0.251 e. The van der Waals surface area contributed by atoms with E-state index >= 15 is 0 Å². The first-order valence-corrected chi connectivity index (χ1v) is 8.65. The first-order valence-electron chi connectivity index (χ1n) is 8.65. The van der Waals surface area contributed by atoms with Crippen LogP contribution in [0.5, 0.6) is 11.5 Å². The summed E-state index contributed by atoms with van der Waals surface area (Å²) in [5.41, 5.74) is 2.93. The number of benzene rings is 2. The van der Waals surface area contributed by atoms with Crippen molar-refractivity contribution in [2.75, 3.05) is 13.7 Å². The summed E-state index contributed by atoms with van der Waals surface area (Å²) in [6, 6.07) is 13.0. The number of ether oxygens (including phenoxy) is 2. The van der Waals surface area contributed by atoms with E-state index in [0.29, 0.717) is 30.2 Å². The molecule has 0 saturated carbocycles. The summed E-state index contributed by atoms with van der Waals surface area (Å²) in [5.74, 6) is 1.30. The number of hydrogen-bond donors (Lipinski definition) is 1. The van der Waals surface area contributed by atoms with Crippen LogP contribution in [0.15, 0.2) is 48.7 Å². The maximum absolute atomic E-state index is 12.2. The minimum Gasteiger partial charge on any atom is -0.497 e. The van der Waals surface area contributed by atoms with E-state index in [1.807, 2.05) is 31.2 Å². The average molecular weight is 366 g/mol. The van der Waals surface area contributed by atoms with Crippen molar-refractivity contribution in [3.05, 3.63) is 59.8 Å². The molecule has 140 valence electrons. The van der Waals surface area contributed by atoms with Gasteiger partial charge < -0.3 is 14.8 Å². The number of carbonyl (C=O) groups is 1. The predicted octanol–water partition coefficient (Wildman–Crippen LogP) is 2.82. The van der Waals surface area contributed by atoms with Crippen molar-refractivity contribution in [2.24, 2.45) is 7.05 Å². The number of rotatable bonds is 7. The summed E-state index contributed by atoms with van der Waals surface area (Å²) in [5, 5.41) is 10.9. The van der Waals surface area contributed by atoms with Crippen LogP contribution in [0.1, 0.15) is 22.8 Å². The lowest BCUT2D eigenvalue weighted by molar-refractivity contribution is 0.0956. The molecule has 0 atom stereocenters. The fourth-order valence-electron chi connectivity index (χ4n) is 2.61. The summed E-state index contributed by atoms with van der Waals surface area (Å²) in [7, 11) is 3.43. The highest BCUT2D eigenvalue weighted by Crippen LogP contribution is 2.30. The number of methoxy groups -OCH3 is 1. The standard InChI is InChI=1S/C20H22N4O3/c1-4-21-20(25)15-7-10-19(17(11-15)18-12-24(2)23-22-18)27-13-14-5-8-16(26-3)9-6-14/h5-12H,4,13H2,1-3H3,(H,21,25). The van der Waals surface area contributed by atoms with Crippen LogP contribution >= 0.6 is 0 Å². The number of hydrogen-bond acceptors (Lipinski definition) is 5. The van der Waals surface area contributed by atoms with Gasteiger partial charge in [0.2, 0.25) is 0 Å².